The Hall–Kier alpha value is 0.570. The molecule has 1 aliphatic heterocycles. The number of halogens is 1. The molecule has 16 heavy (non-hydrogen) atoms. The normalized spacial score (nSPS) is 24.6. The van der Waals surface area contributed by atoms with Crippen molar-refractivity contribution in [2.45, 2.75) is 19.3 Å². The zero-order valence-corrected chi connectivity index (χ0v) is 12.3. The van der Waals surface area contributed by atoms with Crippen molar-refractivity contribution in [3.8, 4) is 0 Å². The quantitative estimate of drug-likeness (QED) is 0.446. The second kappa shape index (κ2) is 10.7. The first kappa shape index (κ1) is 14.6. The van der Waals surface area contributed by atoms with Crippen LogP contribution < -0.4 is 16.0 Å². The van der Waals surface area contributed by atoms with Crippen molar-refractivity contribution < 1.29 is 0 Å². The van der Waals surface area contributed by atoms with E-state index in [1.807, 2.05) is 0 Å². The van der Waals surface area contributed by atoms with Gasteiger partial charge in [-0.1, -0.05) is 0 Å². The first-order chi connectivity index (χ1) is 7.89. The molecule has 1 aliphatic rings. The van der Waals surface area contributed by atoms with Gasteiger partial charge in [-0.25, -0.2) is 3.11 Å². The highest BCUT2D eigenvalue weighted by molar-refractivity contribution is 14.1. The summed E-state index contributed by atoms with van der Waals surface area (Å²) in [6, 6.07) is 0. The molecule has 0 atom stereocenters. The summed E-state index contributed by atoms with van der Waals surface area (Å²) in [5.74, 6) is 0. The van der Waals surface area contributed by atoms with Gasteiger partial charge < -0.3 is 16.0 Å². The van der Waals surface area contributed by atoms with Gasteiger partial charge in [0.15, 0.2) is 0 Å². The van der Waals surface area contributed by atoms with E-state index in [1.54, 1.807) is 0 Å². The third kappa shape index (κ3) is 8.69. The van der Waals surface area contributed by atoms with Gasteiger partial charge in [0.05, 0.1) is 0 Å². The third-order valence-electron chi connectivity index (χ3n) is 2.69. The fraction of sp³-hybridized carbons (Fsp3) is 1.00. The summed E-state index contributed by atoms with van der Waals surface area (Å²) in [5.41, 5.74) is 0. The van der Waals surface area contributed by atoms with E-state index in [0.717, 1.165) is 39.3 Å². The number of rotatable bonds is 0. The van der Waals surface area contributed by atoms with Crippen LogP contribution in [0.25, 0.3) is 0 Å². The molecule has 1 fully saturated rings. The van der Waals surface area contributed by atoms with Crippen molar-refractivity contribution in [3.63, 3.8) is 0 Å². The van der Waals surface area contributed by atoms with Crippen molar-refractivity contribution in [2.24, 2.45) is 0 Å². The predicted octanol–water partition coefficient (Wildman–Crippen LogP) is 0.591. The van der Waals surface area contributed by atoms with Gasteiger partial charge in [0.1, 0.15) is 0 Å². The molecular formula is C11H25IN4. The van der Waals surface area contributed by atoms with Crippen LogP contribution in [-0.2, 0) is 0 Å². The van der Waals surface area contributed by atoms with E-state index >= 15 is 0 Å². The van der Waals surface area contributed by atoms with Gasteiger partial charge in [-0.05, 0) is 45.4 Å². The van der Waals surface area contributed by atoms with Crippen LogP contribution in [0.4, 0.5) is 0 Å². The Balaban J connectivity index is 2.10. The number of hydrogen-bond acceptors (Lipinski definition) is 4. The highest BCUT2D eigenvalue weighted by Gasteiger charge is 2.00. The molecular weight excluding hydrogens is 315 g/mol. The van der Waals surface area contributed by atoms with Gasteiger partial charge >= 0.3 is 0 Å². The molecule has 5 heteroatoms. The van der Waals surface area contributed by atoms with Gasteiger partial charge in [-0.15, -0.1) is 0 Å². The highest BCUT2D eigenvalue weighted by Crippen LogP contribution is 2.00. The summed E-state index contributed by atoms with van der Waals surface area (Å²) in [5, 5.41) is 10.4. The van der Waals surface area contributed by atoms with Crippen LogP contribution in [0, 0.1) is 0 Å². The lowest BCUT2D eigenvalue weighted by Crippen LogP contribution is -2.30. The van der Waals surface area contributed by atoms with Crippen LogP contribution in [0.3, 0.4) is 0 Å². The molecule has 1 saturated heterocycles. The van der Waals surface area contributed by atoms with Gasteiger partial charge in [0, 0.05) is 49.0 Å². The molecule has 4 nitrogen and oxygen atoms in total. The molecule has 1 heterocycles. The Morgan fingerprint density at radius 1 is 0.625 bits per heavy atom. The Morgan fingerprint density at radius 2 is 1.06 bits per heavy atom. The lowest BCUT2D eigenvalue weighted by atomic mass is 10.3. The minimum atomic E-state index is 1.09. The van der Waals surface area contributed by atoms with Crippen LogP contribution in [0.5, 0.6) is 0 Å². The van der Waals surface area contributed by atoms with E-state index in [1.165, 1.54) is 32.4 Å². The summed E-state index contributed by atoms with van der Waals surface area (Å²) >= 11 is 2.44. The molecule has 0 unspecified atom stereocenters. The zero-order valence-electron chi connectivity index (χ0n) is 10.1. The largest absolute Gasteiger partial charge is 0.317 e. The number of nitrogens with zero attached hydrogens (tertiary/aromatic N) is 1. The molecule has 0 amide bonds. The van der Waals surface area contributed by atoms with E-state index in [9.17, 15) is 0 Å². The second-order valence-corrected chi connectivity index (χ2v) is 5.59. The highest BCUT2D eigenvalue weighted by atomic mass is 127. The van der Waals surface area contributed by atoms with Crippen molar-refractivity contribution in [2.75, 3.05) is 52.4 Å². The van der Waals surface area contributed by atoms with Crippen molar-refractivity contribution in [1.82, 2.24) is 19.1 Å². The molecule has 0 bridgehead atoms. The molecule has 3 N–H and O–H groups in total. The van der Waals surface area contributed by atoms with Gasteiger partial charge in [-0.2, -0.15) is 0 Å². The van der Waals surface area contributed by atoms with Crippen LogP contribution in [0.15, 0.2) is 0 Å². The maximum atomic E-state index is 3.49. The monoisotopic (exact) mass is 340 g/mol. The maximum absolute atomic E-state index is 3.49. The average molecular weight is 340 g/mol. The number of hydrogen-bond donors (Lipinski definition) is 3. The maximum Gasteiger partial charge on any atom is 0.0201 e. The zero-order chi connectivity index (χ0) is 11.5. The molecule has 0 saturated carbocycles. The number of nitrogens with one attached hydrogen (secondary N) is 3. The van der Waals surface area contributed by atoms with Gasteiger partial charge in [-0.3, -0.25) is 0 Å². The predicted molar refractivity (Wildman–Crippen MR) is 78.1 cm³/mol. The summed E-state index contributed by atoms with van der Waals surface area (Å²) < 4.78 is 2.40. The van der Waals surface area contributed by atoms with Gasteiger partial charge in [0.2, 0.25) is 0 Å². The van der Waals surface area contributed by atoms with Gasteiger partial charge in [0.25, 0.3) is 0 Å². The molecule has 0 aromatic heterocycles. The fourth-order valence-corrected chi connectivity index (χ4v) is 2.44. The van der Waals surface area contributed by atoms with Crippen molar-refractivity contribution in [1.29, 1.82) is 0 Å². The molecule has 0 spiro atoms. The Labute approximate surface area is 113 Å². The van der Waals surface area contributed by atoms with Crippen LogP contribution in [-0.4, -0.2) is 55.5 Å². The lowest BCUT2D eigenvalue weighted by molar-refractivity contribution is 0.465. The standard InChI is InChI=1S/C11H25IN4/c12-16-10-2-6-13-4-1-5-14-8-9-15-7-3-11-16/h13-15H,1-11H2. The Kier molecular flexibility index (Phi) is 9.79. The van der Waals surface area contributed by atoms with Crippen LogP contribution in [0.1, 0.15) is 19.3 Å². The van der Waals surface area contributed by atoms with E-state index in [0.29, 0.717) is 0 Å². The Bertz CT molecular complexity index is 141. The smallest absolute Gasteiger partial charge is 0.0201 e. The summed E-state index contributed by atoms with van der Waals surface area (Å²) in [7, 11) is 0. The van der Waals surface area contributed by atoms with E-state index in [-0.39, 0.29) is 0 Å². The first-order valence-electron chi connectivity index (χ1n) is 6.42. The fourth-order valence-electron chi connectivity index (χ4n) is 1.75. The summed E-state index contributed by atoms with van der Waals surface area (Å²) in [4.78, 5) is 0. The third-order valence-corrected chi connectivity index (χ3v) is 3.66. The summed E-state index contributed by atoms with van der Waals surface area (Å²) in [6.45, 7) is 9.14. The topological polar surface area (TPSA) is 39.3 Å². The molecule has 0 aliphatic carbocycles. The molecule has 0 aromatic carbocycles. The minimum absolute atomic E-state index is 1.09. The second-order valence-electron chi connectivity index (χ2n) is 4.22. The molecule has 0 aromatic rings. The van der Waals surface area contributed by atoms with Crippen LogP contribution >= 0.6 is 22.9 Å². The van der Waals surface area contributed by atoms with Crippen molar-refractivity contribution >= 4 is 22.9 Å². The van der Waals surface area contributed by atoms with Crippen LogP contribution in [0.2, 0.25) is 0 Å². The Morgan fingerprint density at radius 3 is 1.62 bits per heavy atom. The minimum Gasteiger partial charge on any atom is -0.317 e. The summed E-state index contributed by atoms with van der Waals surface area (Å²) in [6.07, 6.45) is 3.73. The average Bonchev–Trinajstić information content (AvgIpc) is 2.29. The first-order valence-corrected chi connectivity index (χ1v) is 7.39. The van der Waals surface area contributed by atoms with E-state index in [4.69, 9.17) is 0 Å². The SMILES string of the molecule is IN1CCCNCCCNCCNCCC1. The molecule has 1 rings (SSSR count). The molecule has 0 radical (unpaired) electrons. The van der Waals surface area contributed by atoms with E-state index < -0.39 is 0 Å². The lowest BCUT2D eigenvalue weighted by Gasteiger charge is -2.14. The van der Waals surface area contributed by atoms with E-state index in [2.05, 4.69) is 41.9 Å². The molecule has 96 valence electrons. The van der Waals surface area contributed by atoms with Crippen molar-refractivity contribution in [3.05, 3.63) is 0 Å².